The van der Waals surface area contributed by atoms with Crippen molar-refractivity contribution in [3.05, 3.63) is 66.1 Å². The van der Waals surface area contributed by atoms with Crippen LogP contribution in [0.2, 0.25) is 0 Å². The summed E-state index contributed by atoms with van der Waals surface area (Å²) in [6.45, 7) is 4.39. The van der Waals surface area contributed by atoms with Crippen molar-refractivity contribution in [3.8, 4) is 28.6 Å². The summed E-state index contributed by atoms with van der Waals surface area (Å²) in [4.78, 5) is 13.7. The second kappa shape index (κ2) is 8.97. The van der Waals surface area contributed by atoms with E-state index in [1.54, 1.807) is 19.5 Å². The van der Waals surface area contributed by atoms with Crippen LogP contribution in [-0.2, 0) is 0 Å². The van der Waals surface area contributed by atoms with Crippen LogP contribution in [0.5, 0.6) is 17.2 Å². The highest BCUT2D eigenvalue weighted by Crippen LogP contribution is 2.38. The maximum Gasteiger partial charge on any atom is 0.155 e. The molecule has 0 amide bonds. The summed E-state index contributed by atoms with van der Waals surface area (Å²) in [5, 5.41) is 13.2. The van der Waals surface area contributed by atoms with Gasteiger partial charge in [0.15, 0.2) is 5.75 Å². The summed E-state index contributed by atoms with van der Waals surface area (Å²) in [5.74, 6) is 1.91. The van der Waals surface area contributed by atoms with Crippen LogP contribution in [0.25, 0.3) is 22.3 Å². The number of nitrogens with one attached hydrogen (secondary N) is 1. The van der Waals surface area contributed by atoms with E-state index >= 15 is 0 Å². The molecule has 7 heteroatoms. The van der Waals surface area contributed by atoms with Gasteiger partial charge in [-0.2, -0.15) is 0 Å². The Labute approximate surface area is 180 Å². The van der Waals surface area contributed by atoms with E-state index < -0.39 is 0 Å². The smallest absolute Gasteiger partial charge is 0.155 e. The number of anilines is 1. The summed E-state index contributed by atoms with van der Waals surface area (Å²) in [6.07, 6.45) is 3.44. The summed E-state index contributed by atoms with van der Waals surface area (Å²) >= 11 is 0. The Balaban J connectivity index is 1.83. The Bertz CT molecular complexity index is 1210. The summed E-state index contributed by atoms with van der Waals surface area (Å²) in [5.41, 5.74) is 4.87. The molecule has 0 bridgehead atoms. The molecule has 4 rings (SSSR count). The fraction of sp³-hybridized carbons (Fsp3) is 0.208. The molecule has 0 saturated carbocycles. The van der Waals surface area contributed by atoms with Crippen LogP contribution in [0.4, 0.5) is 5.69 Å². The molecule has 0 radical (unpaired) electrons. The van der Waals surface area contributed by atoms with Gasteiger partial charge in [0.2, 0.25) is 0 Å². The van der Waals surface area contributed by atoms with Gasteiger partial charge >= 0.3 is 0 Å². The van der Waals surface area contributed by atoms with Gasteiger partial charge in [0.1, 0.15) is 17.2 Å². The van der Waals surface area contributed by atoms with Crippen molar-refractivity contribution in [2.75, 3.05) is 25.6 Å². The minimum atomic E-state index is 0.0132. The van der Waals surface area contributed by atoms with Crippen LogP contribution in [0.1, 0.15) is 11.3 Å². The molecule has 0 spiro atoms. The third kappa shape index (κ3) is 4.27. The first-order valence-corrected chi connectivity index (χ1v) is 9.99. The van der Waals surface area contributed by atoms with Crippen molar-refractivity contribution in [1.82, 2.24) is 15.0 Å². The molecule has 158 valence electrons. The Morgan fingerprint density at radius 3 is 2.58 bits per heavy atom. The second-order valence-corrected chi connectivity index (χ2v) is 7.08. The molecule has 0 atom stereocenters. The van der Waals surface area contributed by atoms with Crippen molar-refractivity contribution < 1.29 is 14.6 Å². The lowest BCUT2D eigenvalue weighted by Crippen LogP contribution is -2.07. The number of fused-ring (bicyclic) bond motifs is 1. The van der Waals surface area contributed by atoms with Crippen LogP contribution < -0.4 is 14.8 Å². The Morgan fingerprint density at radius 2 is 1.84 bits per heavy atom. The number of rotatable bonds is 7. The molecule has 0 aliphatic heterocycles. The van der Waals surface area contributed by atoms with Gasteiger partial charge in [-0.15, -0.1) is 0 Å². The third-order valence-electron chi connectivity index (χ3n) is 5.01. The van der Waals surface area contributed by atoms with Gasteiger partial charge in [-0.05, 0) is 49.7 Å². The number of aryl methyl sites for hydroxylation is 2. The molecule has 0 saturated heterocycles. The molecular formula is C24H24N4O3. The highest BCUT2D eigenvalue weighted by atomic mass is 16.5. The number of ether oxygens (including phenoxy) is 2. The Morgan fingerprint density at radius 1 is 0.968 bits per heavy atom. The first-order valence-electron chi connectivity index (χ1n) is 9.99. The van der Waals surface area contributed by atoms with E-state index in [2.05, 4.69) is 15.3 Å². The molecule has 31 heavy (non-hydrogen) atoms. The fourth-order valence-corrected chi connectivity index (χ4v) is 3.30. The van der Waals surface area contributed by atoms with Crippen LogP contribution in [0.3, 0.4) is 0 Å². The molecule has 0 aliphatic carbocycles. The van der Waals surface area contributed by atoms with Gasteiger partial charge in [-0.25, -0.2) is 4.98 Å². The average Bonchev–Trinajstić information content (AvgIpc) is 2.80. The molecule has 0 unspecified atom stereocenters. The standard InChI is InChI=1S/C24H24N4O3/c1-15-12-23(24(28-16(15)2)18-6-4-5-8-25-18)31-21-7-9-26-19-14-22(30-3)20(13-17(19)21)27-10-11-29/h4-9,12-14,27,29H,10-11H2,1-3H3. The summed E-state index contributed by atoms with van der Waals surface area (Å²) in [6, 6.07) is 13.3. The lowest BCUT2D eigenvalue weighted by molar-refractivity contribution is 0.311. The lowest BCUT2D eigenvalue weighted by Gasteiger charge is -2.16. The molecule has 2 N–H and O–H groups in total. The molecule has 0 fully saturated rings. The fourth-order valence-electron chi connectivity index (χ4n) is 3.30. The summed E-state index contributed by atoms with van der Waals surface area (Å²) < 4.78 is 11.9. The largest absolute Gasteiger partial charge is 0.495 e. The van der Waals surface area contributed by atoms with Crippen molar-refractivity contribution >= 4 is 16.6 Å². The number of hydrogen-bond donors (Lipinski definition) is 2. The van der Waals surface area contributed by atoms with Crippen LogP contribution in [-0.4, -0.2) is 40.3 Å². The first-order chi connectivity index (χ1) is 15.1. The molecular weight excluding hydrogens is 392 g/mol. The summed E-state index contributed by atoms with van der Waals surface area (Å²) in [7, 11) is 1.60. The zero-order valence-electron chi connectivity index (χ0n) is 17.7. The van der Waals surface area contributed by atoms with E-state index in [-0.39, 0.29) is 6.61 Å². The van der Waals surface area contributed by atoms with Crippen LogP contribution in [0.15, 0.2) is 54.9 Å². The molecule has 3 heterocycles. The van der Waals surface area contributed by atoms with Gasteiger partial charge in [0.25, 0.3) is 0 Å². The zero-order valence-corrected chi connectivity index (χ0v) is 17.7. The predicted octanol–water partition coefficient (Wildman–Crippen LogP) is 4.51. The maximum absolute atomic E-state index is 9.19. The van der Waals surface area contributed by atoms with Crippen molar-refractivity contribution in [1.29, 1.82) is 0 Å². The number of methoxy groups -OCH3 is 1. The number of aliphatic hydroxyl groups is 1. The van der Waals surface area contributed by atoms with E-state index in [1.807, 2.05) is 56.3 Å². The number of aliphatic hydroxyl groups excluding tert-OH is 1. The number of hydrogen-bond acceptors (Lipinski definition) is 7. The zero-order chi connectivity index (χ0) is 21.8. The van der Waals surface area contributed by atoms with Crippen molar-refractivity contribution in [3.63, 3.8) is 0 Å². The molecule has 1 aromatic carbocycles. The highest BCUT2D eigenvalue weighted by Gasteiger charge is 2.16. The molecule has 4 aromatic rings. The number of aromatic nitrogens is 3. The second-order valence-electron chi connectivity index (χ2n) is 7.08. The predicted molar refractivity (Wildman–Crippen MR) is 121 cm³/mol. The van der Waals surface area contributed by atoms with Crippen LogP contribution in [0, 0.1) is 13.8 Å². The van der Waals surface area contributed by atoms with Gasteiger partial charge in [0.05, 0.1) is 30.6 Å². The minimum absolute atomic E-state index is 0.0132. The maximum atomic E-state index is 9.19. The third-order valence-corrected chi connectivity index (χ3v) is 5.01. The molecule has 3 aromatic heterocycles. The molecule has 7 nitrogen and oxygen atoms in total. The molecule has 0 aliphatic rings. The Kier molecular flexibility index (Phi) is 5.95. The normalized spacial score (nSPS) is 10.8. The first kappa shape index (κ1) is 20.6. The minimum Gasteiger partial charge on any atom is -0.495 e. The van der Waals surface area contributed by atoms with E-state index in [1.165, 1.54) is 0 Å². The number of nitrogens with zero attached hydrogens (tertiary/aromatic N) is 3. The van der Waals surface area contributed by atoms with Gasteiger partial charge in [-0.3, -0.25) is 9.97 Å². The quantitative estimate of drug-likeness (QED) is 0.458. The van der Waals surface area contributed by atoms with E-state index in [9.17, 15) is 5.11 Å². The number of benzene rings is 1. The van der Waals surface area contributed by atoms with Crippen molar-refractivity contribution in [2.45, 2.75) is 13.8 Å². The lowest BCUT2D eigenvalue weighted by atomic mass is 10.1. The SMILES string of the molecule is COc1cc2nccc(Oc3cc(C)c(C)nc3-c3ccccn3)c2cc1NCCO. The monoisotopic (exact) mass is 416 g/mol. The average molecular weight is 416 g/mol. The van der Waals surface area contributed by atoms with Gasteiger partial charge in [-0.1, -0.05) is 6.07 Å². The van der Waals surface area contributed by atoms with Crippen LogP contribution >= 0.6 is 0 Å². The highest BCUT2D eigenvalue weighted by molar-refractivity contribution is 5.91. The van der Waals surface area contributed by atoms with E-state index in [4.69, 9.17) is 14.5 Å². The topological polar surface area (TPSA) is 89.4 Å². The Hall–Kier alpha value is -3.71. The van der Waals surface area contributed by atoms with Gasteiger partial charge in [0, 0.05) is 36.1 Å². The van der Waals surface area contributed by atoms with E-state index in [0.29, 0.717) is 29.5 Å². The number of pyridine rings is 3. The van der Waals surface area contributed by atoms with E-state index in [0.717, 1.165) is 33.5 Å². The van der Waals surface area contributed by atoms with Gasteiger partial charge < -0.3 is 19.9 Å². The van der Waals surface area contributed by atoms with Crippen molar-refractivity contribution in [2.24, 2.45) is 0 Å².